The van der Waals surface area contributed by atoms with Crippen LogP contribution < -0.4 is 10.0 Å². The van der Waals surface area contributed by atoms with Crippen LogP contribution in [0.3, 0.4) is 0 Å². The van der Waals surface area contributed by atoms with Gasteiger partial charge < -0.3 is 9.84 Å². The Morgan fingerprint density at radius 3 is 3.00 bits per heavy atom. The van der Waals surface area contributed by atoms with Crippen LogP contribution in [0.25, 0.3) is 0 Å². The summed E-state index contributed by atoms with van der Waals surface area (Å²) in [6, 6.07) is 1.63. The molecule has 19 heavy (non-hydrogen) atoms. The summed E-state index contributed by atoms with van der Waals surface area (Å²) in [5.41, 5.74) is 1.74. The molecule has 1 aromatic heterocycles. The third-order valence-electron chi connectivity index (χ3n) is 2.94. The van der Waals surface area contributed by atoms with Gasteiger partial charge in [-0.3, -0.25) is 0 Å². The van der Waals surface area contributed by atoms with Gasteiger partial charge in [0.1, 0.15) is 17.2 Å². The Labute approximate surface area is 113 Å². The Balaban J connectivity index is 1.79. The zero-order chi connectivity index (χ0) is 13.7. The molecule has 0 aromatic carbocycles. The molecule has 6 nitrogen and oxygen atoms in total. The van der Waals surface area contributed by atoms with E-state index in [9.17, 15) is 8.42 Å². The fourth-order valence-corrected chi connectivity index (χ4v) is 3.04. The molecule has 0 atom stereocenters. The molecule has 0 fully saturated rings. The van der Waals surface area contributed by atoms with E-state index in [2.05, 4.69) is 21.3 Å². The van der Waals surface area contributed by atoms with Crippen molar-refractivity contribution in [3.05, 3.63) is 29.2 Å². The van der Waals surface area contributed by atoms with Crippen LogP contribution in [0, 0.1) is 6.92 Å². The second-order valence-corrected chi connectivity index (χ2v) is 6.46. The molecule has 7 heteroatoms. The van der Waals surface area contributed by atoms with Crippen LogP contribution in [0.4, 0.5) is 0 Å². The van der Waals surface area contributed by atoms with E-state index in [1.54, 1.807) is 13.0 Å². The molecule has 2 rings (SSSR count). The summed E-state index contributed by atoms with van der Waals surface area (Å²) in [7, 11) is -3.34. The molecule has 1 aromatic rings. The van der Waals surface area contributed by atoms with E-state index >= 15 is 0 Å². The number of nitrogens with zero attached hydrogens (tertiary/aromatic N) is 1. The maximum absolute atomic E-state index is 11.8. The third kappa shape index (κ3) is 4.77. The second kappa shape index (κ2) is 6.31. The van der Waals surface area contributed by atoms with Gasteiger partial charge >= 0.3 is 0 Å². The smallest absolute Gasteiger partial charge is 0.217 e. The van der Waals surface area contributed by atoms with Crippen molar-refractivity contribution >= 4 is 10.0 Å². The van der Waals surface area contributed by atoms with Gasteiger partial charge in [0.2, 0.25) is 10.0 Å². The quantitative estimate of drug-likeness (QED) is 0.752. The summed E-state index contributed by atoms with van der Waals surface area (Å²) in [5.74, 6) is 0.482. The zero-order valence-electron chi connectivity index (χ0n) is 11.0. The predicted octanol–water partition coefficient (Wildman–Crippen LogP) is 0.712. The zero-order valence-corrected chi connectivity index (χ0v) is 11.8. The lowest BCUT2D eigenvalue weighted by Gasteiger charge is -2.14. The number of aryl methyl sites for hydroxylation is 1. The molecule has 106 valence electrons. The van der Waals surface area contributed by atoms with Crippen LogP contribution in [-0.4, -0.2) is 33.2 Å². The van der Waals surface area contributed by atoms with Gasteiger partial charge in [0, 0.05) is 19.2 Å². The highest BCUT2D eigenvalue weighted by Gasteiger charge is 2.14. The molecule has 0 saturated carbocycles. The number of rotatable bonds is 6. The Kier molecular flexibility index (Phi) is 4.73. The van der Waals surface area contributed by atoms with E-state index in [-0.39, 0.29) is 5.75 Å². The van der Waals surface area contributed by atoms with Gasteiger partial charge in [-0.2, -0.15) is 0 Å². The van der Waals surface area contributed by atoms with Crippen molar-refractivity contribution < 1.29 is 12.9 Å². The molecular formula is C12H19N3O3S. The lowest BCUT2D eigenvalue weighted by Crippen LogP contribution is -2.28. The SMILES string of the molecule is Cc1cc(CS(=O)(=O)NCCC2=CCNCC2)no1. The number of sulfonamides is 1. The van der Waals surface area contributed by atoms with E-state index in [4.69, 9.17) is 4.52 Å². The summed E-state index contributed by atoms with van der Waals surface area (Å²) in [5, 5.41) is 6.91. The maximum atomic E-state index is 11.8. The number of hydrogen-bond acceptors (Lipinski definition) is 5. The van der Waals surface area contributed by atoms with Gasteiger partial charge in [0.05, 0.1) is 0 Å². The molecule has 0 bridgehead atoms. The highest BCUT2D eigenvalue weighted by Crippen LogP contribution is 2.09. The van der Waals surface area contributed by atoms with Crippen molar-refractivity contribution in [2.45, 2.75) is 25.5 Å². The third-order valence-corrected chi connectivity index (χ3v) is 4.26. The average molecular weight is 285 g/mol. The van der Waals surface area contributed by atoms with E-state index in [1.807, 2.05) is 0 Å². The lowest BCUT2D eigenvalue weighted by molar-refractivity contribution is 0.392. The van der Waals surface area contributed by atoms with Crippen molar-refractivity contribution in [1.29, 1.82) is 0 Å². The van der Waals surface area contributed by atoms with Gasteiger partial charge in [-0.25, -0.2) is 13.1 Å². The normalized spacial score (nSPS) is 16.4. The van der Waals surface area contributed by atoms with E-state index in [1.165, 1.54) is 5.57 Å². The van der Waals surface area contributed by atoms with Crippen LogP contribution in [0.15, 0.2) is 22.2 Å². The van der Waals surface area contributed by atoms with Crippen molar-refractivity contribution in [1.82, 2.24) is 15.2 Å². The van der Waals surface area contributed by atoms with Crippen molar-refractivity contribution in [3.8, 4) is 0 Å². The van der Waals surface area contributed by atoms with Crippen LogP contribution in [0.2, 0.25) is 0 Å². The molecule has 2 heterocycles. The minimum Gasteiger partial charge on any atom is -0.361 e. The molecule has 0 aliphatic carbocycles. The number of nitrogens with one attached hydrogen (secondary N) is 2. The van der Waals surface area contributed by atoms with Crippen LogP contribution in [-0.2, 0) is 15.8 Å². The highest BCUT2D eigenvalue weighted by atomic mass is 32.2. The number of aromatic nitrogens is 1. The fraction of sp³-hybridized carbons (Fsp3) is 0.583. The van der Waals surface area contributed by atoms with Crippen molar-refractivity contribution in [3.63, 3.8) is 0 Å². The Hall–Kier alpha value is -1.18. The van der Waals surface area contributed by atoms with E-state index in [0.29, 0.717) is 18.0 Å². The highest BCUT2D eigenvalue weighted by molar-refractivity contribution is 7.88. The van der Waals surface area contributed by atoms with Gasteiger partial charge in [-0.05, 0) is 26.3 Å². The summed E-state index contributed by atoms with van der Waals surface area (Å²) in [6.45, 7) is 4.02. The monoisotopic (exact) mass is 285 g/mol. The number of hydrogen-bond donors (Lipinski definition) is 2. The molecule has 2 N–H and O–H groups in total. The van der Waals surface area contributed by atoms with Crippen LogP contribution in [0.5, 0.6) is 0 Å². The molecule has 0 unspecified atom stereocenters. The molecular weight excluding hydrogens is 266 g/mol. The van der Waals surface area contributed by atoms with Crippen molar-refractivity contribution in [2.24, 2.45) is 0 Å². The lowest BCUT2D eigenvalue weighted by atomic mass is 10.1. The average Bonchev–Trinajstić information content (AvgIpc) is 2.75. The van der Waals surface area contributed by atoms with Gasteiger partial charge in [0.25, 0.3) is 0 Å². The summed E-state index contributed by atoms with van der Waals surface area (Å²) in [6.07, 6.45) is 3.88. The van der Waals surface area contributed by atoms with Crippen LogP contribution >= 0.6 is 0 Å². The molecule has 0 saturated heterocycles. The Bertz CT molecular complexity index is 548. The molecule has 1 aliphatic rings. The molecule has 1 aliphatic heterocycles. The standard InChI is InChI=1S/C12H19N3O3S/c1-10-8-12(15-18-10)9-19(16,17)14-7-4-11-2-5-13-6-3-11/h2,8,13-14H,3-7,9H2,1H3. The summed E-state index contributed by atoms with van der Waals surface area (Å²) >= 11 is 0. The first-order chi connectivity index (χ1) is 9.05. The maximum Gasteiger partial charge on any atom is 0.217 e. The molecule has 0 radical (unpaired) electrons. The van der Waals surface area contributed by atoms with E-state index in [0.717, 1.165) is 25.9 Å². The predicted molar refractivity (Wildman–Crippen MR) is 72.1 cm³/mol. The van der Waals surface area contributed by atoms with E-state index < -0.39 is 10.0 Å². The first kappa shape index (κ1) is 14.2. The first-order valence-electron chi connectivity index (χ1n) is 6.33. The Morgan fingerprint density at radius 2 is 2.37 bits per heavy atom. The topological polar surface area (TPSA) is 84.2 Å². The van der Waals surface area contributed by atoms with Gasteiger partial charge in [-0.1, -0.05) is 16.8 Å². The summed E-state index contributed by atoms with van der Waals surface area (Å²) < 4.78 is 31.1. The first-order valence-corrected chi connectivity index (χ1v) is 7.98. The van der Waals surface area contributed by atoms with Gasteiger partial charge in [0.15, 0.2) is 0 Å². The van der Waals surface area contributed by atoms with Crippen LogP contribution in [0.1, 0.15) is 24.3 Å². The molecule has 0 amide bonds. The van der Waals surface area contributed by atoms with Gasteiger partial charge in [-0.15, -0.1) is 0 Å². The van der Waals surface area contributed by atoms with Crippen molar-refractivity contribution in [2.75, 3.05) is 19.6 Å². The largest absolute Gasteiger partial charge is 0.361 e. The minimum absolute atomic E-state index is 0.134. The fourth-order valence-electron chi connectivity index (χ4n) is 2.00. The second-order valence-electron chi connectivity index (χ2n) is 4.65. The Morgan fingerprint density at radius 1 is 1.53 bits per heavy atom. The minimum atomic E-state index is -3.34. The molecule has 0 spiro atoms. The summed E-state index contributed by atoms with van der Waals surface area (Å²) in [4.78, 5) is 0.